The molecule has 2 aromatic rings. The van der Waals surface area contributed by atoms with Crippen molar-refractivity contribution in [3.05, 3.63) is 53.6 Å². The zero-order chi connectivity index (χ0) is 16.4. The standard InChI is InChI=1S/C19H19NO3/c1-12-5-10-16(20-18(21)14-3-2-4-14)11-17(12)13-6-8-15(9-7-13)19(22)23/h5-11,14H,2-4H2,1H3,(H,20,21)(H,22,23). The van der Waals surface area contributed by atoms with Gasteiger partial charge in [-0.2, -0.15) is 0 Å². The summed E-state index contributed by atoms with van der Waals surface area (Å²) in [5.41, 5.74) is 4.06. The summed E-state index contributed by atoms with van der Waals surface area (Å²) in [5, 5.41) is 12.0. The van der Waals surface area contributed by atoms with Gasteiger partial charge >= 0.3 is 5.97 Å². The van der Waals surface area contributed by atoms with E-state index in [4.69, 9.17) is 5.11 Å². The van der Waals surface area contributed by atoms with Gasteiger partial charge in [0.1, 0.15) is 0 Å². The Hall–Kier alpha value is -2.62. The van der Waals surface area contributed by atoms with E-state index >= 15 is 0 Å². The van der Waals surface area contributed by atoms with Gasteiger partial charge in [0, 0.05) is 11.6 Å². The zero-order valence-electron chi connectivity index (χ0n) is 13.0. The molecule has 2 aromatic carbocycles. The monoisotopic (exact) mass is 309 g/mol. The van der Waals surface area contributed by atoms with Crippen LogP contribution in [0.3, 0.4) is 0 Å². The first-order chi connectivity index (χ1) is 11.0. The molecule has 0 radical (unpaired) electrons. The first-order valence-electron chi connectivity index (χ1n) is 7.80. The van der Waals surface area contributed by atoms with E-state index in [1.165, 1.54) is 0 Å². The molecule has 1 fully saturated rings. The van der Waals surface area contributed by atoms with E-state index in [1.807, 2.05) is 25.1 Å². The maximum Gasteiger partial charge on any atom is 0.335 e. The van der Waals surface area contributed by atoms with Gasteiger partial charge in [-0.15, -0.1) is 0 Å². The van der Waals surface area contributed by atoms with Gasteiger partial charge in [0.05, 0.1) is 5.56 Å². The Kier molecular flexibility index (Phi) is 4.15. The molecule has 1 aliphatic carbocycles. The minimum atomic E-state index is -0.935. The highest BCUT2D eigenvalue weighted by atomic mass is 16.4. The molecule has 0 unspecified atom stereocenters. The minimum absolute atomic E-state index is 0.0901. The molecule has 0 bridgehead atoms. The Bertz CT molecular complexity index is 746. The number of aromatic carboxylic acids is 1. The van der Waals surface area contributed by atoms with Crippen molar-refractivity contribution in [1.29, 1.82) is 0 Å². The lowest BCUT2D eigenvalue weighted by Crippen LogP contribution is -2.28. The molecule has 23 heavy (non-hydrogen) atoms. The van der Waals surface area contributed by atoms with E-state index in [0.717, 1.165) is 41.6 Å². The molecule has 1 aliphatic rings. The maximum absolute atomic E-state index is 12.1. The predicted molar refractivity (Wildman–Crippen MR) is 89.5 cm³/mol. The van der Waals surface area contributed by atoms with E-state index in [2.05, 4.69) is 5.32 Å². The Morgan fingerprint density at radius 3 is 2.35 bits per heavy atom. The van der Waals surface area contributed by atoms with Crippen LogP contribution in [0.4, 0.5) is 5.69 Å². The van der Waals surface area contributed by atoms with Crippen LogP contribution in [0.1, 0.15) is 35.2 Å². The smallest absolute Gasteiger partial charge is 0.335 e. The van der Waals surface area contributed by atoms with E-state index in [1.54, 1.807) is 24.3 Å². The van der Waals surface area contributed by atoms with Crippen LogP contribution in [0.2, 0.25) is 0 Å². The Morgan fingerprint density at radius 2 is 1.78 bits per heavy atom. The Balaban J connectivity index is 1.84. The minimum Gasteiger partial charge on any atom is -0.478 e. The van der Waals surface area contributed by atoms with Crippen LogP contribution in [-0.4, -0.2) is 17.0 Å². The van der Waals surface area contributed by atoms with Crippen molar-refractivity contribution in [2.45, 2.75) is 26.2 Å². The second-order valence-corrected chi connectivity index (χ2v) is 6.03. The maximum atomic E-state index is 12.1. The van der Waals surface area contributed by atoms with Crippen molar-refractivity contribution in [2.75, 3.05) is 5.32 Å². The number of hydrogen-bond acceptors (Lipinski definition) is 2. The lowest BCUT2D eigenvalue weighted by molar-refractivity contribution is -0.122. The molecule has 3 rings (SSSR count). The Labute approximate surface area is 135 Å². The summed E-state index contributed by atoms with van der Waals surface area (Å²) in [4.78, 5) is 23.0. The fourth-order valence-corrected chi connectivity index (χ4v) is 2.72. The van der Waals surface area contributed by atoms with Crippen LogP contribution in [0, 0.1) is 12.8 Å². The number of anilines is 1. The number of carbonyl (C=O) groups excluding carboxylic acids is 1. The normalized spacial score (nSPS) is 14.1. The van der Waals surface area contributed by atoms with E-state index in [9.17, 15) is 9.59 Å². The van der Waals surface area contributed by atoms with Gasteiger partial charge in [-0.05, 0) is 60.7 Å². The van der Waals surface area contributed by atoms with E-state index in [-0.39, 0.29) is 17.4 Å². The van der Waals surface area contributed by atoms with Crippen LogP contribution < -0.4 is 5.32 Å². The predicted octanol–water partition coefficient (Wildman–Crippen LogP) is 4.10. The summed E-state index contributed by atoms with van der Waals surface area (Å²) in [6, 6.07) is 12.6. The average molecular weight is 309 g/mol. The summed E-state index contributed by atoms with van der Waals surface area (Å²) in [7, 11) is 0. The lowest BCUT2D eigenvalue weighted by atomic mass is 9.85. The van der Waals surface area contributed by atoms with E-state index in [0.29, 0.717) is 0 Å². The summed E-state index contributed by atoms with van der Waals surface area (Å²) >= 11 is 0. The van der Waals surface area contributed by atoms with Gasteiger partial charge in [-0.3, -0.25) is 4.79 Å². The molecule has 4 nitrogen and oxygen atoms in total. The van der Waals surface area contributed by atoms with Crippen molar-refractivity contribution in [3.63, 3.8) is 0 Å². The first-order valence-corrected chi connectivity index (χ1v) is 7.80. The summed E-state index contributed by atoms with van der Waals surface area (Å²) in [5.74, 6) is -0.698. The average Bonchev–Trinajstić information content (AvgIpc) is 2.47. The van der Waals surface area contributed by atoms with Crippen LogP contribution in [0.5, 0.6) is 0 Å². The van der Waals surface area contributed by atoms with Crippen molar-refractivity contribution in [3.8, 4) is 11.1 Å². The molecule has 0 saturated heterocycles. The van der Waals surface area contributed by atoms with Gasteiger partial charge in [0.2, 0.25) is 5.91 Å². The summed E-state index contributed by atoms with van der Waals surface area (Å²) in [6.45, 7) is 2.00. The molecule has 2 N–H and O–H groups in total. The molecular weight excluding hydrogens is 290 g/mol. The molecular formula is C19H19NO3. The summed E-state index contributed by atoms with van der Waals surface area (Å²) < 4.78 is 0. The molecule has 0 heterocycles. The van der Waals surface area contributed by atoms with Crippen LogP contribution in [-0.2, 0) is 4.79 Å². The third-order valence-electron chi connectivity index (χ3n) is 4.42. The van der Waals surface area contributed by atoms with Crippen LogP contribution >= 0.6 is 0 Å². The highest BCUT2D eigenvalue weighted by molar-refractivity contribution is 5.94. The van der Waals surface area contributed by atoms with Gasteiger partial charge < -0.3 is 10.4 Å². The number of hydrogen-bond donors (Lipinski definition) is 2. The second-order valence-electron chi connectivity index (χ2n) is 6.03. The van der Waals surface area contributed by atoms with Gasteiger partial charge in [0.15, 0.2) is 0 Å². The topological polar surface area (TPSA) is 66.4 Å². The molecule has 0 aliphatic heterocycles. The van der Waals surface area contributed by atoms with Gasteiger partial charge in [0.25, 0.3) is 0 Å². The number of amides is 1. The molecule has 0 atom stereocenters. The fourth-order valence-electron chi connectivity index (χ4n) is 2.72. The summed E-state index contributed by atoms with van der Waals surface area (Å²) in [6.07, 6.45) is 3.08. The highest BCUT2D eigenvalue weighted by Gasteiger charge is 2.25. The quantitative estimate of drug-likeness (QED) is 0.893. The van der Waals surface area contributed by atoms with Crippen molar-refractivity contribution < 1.29 is 14.7 Å². The van der Waals surface area contributed by atoms with Gasteiger partial charge in [-0.25, -0.2) is 4.79 Å². The third-order valence-corrected chi connectivity index (χ3v) is 4.42. The van der Waals surface area contributed by atoms with Crippen molar-refractivity contribution in [1.82, 2.24) is 0 Å². The molecule has 4 heteroatoms. The Morgan fingerprint density at radius 1 is 1.09 bits per heavy atom. The van der Waals surface area contributed by atoms with Gasteiger partial charge in [-0.1, -0.05) is 24.6 Å². The molecule has 0 aromatic heterocycles. The number of aryl methyl sites for hydroxylation is 1. The second kappa shape index (κ2) is 6.24. The molecule has 118 valence electrons. The van der Waals surface area contributed by atoms with Crippen molar-refractivity contribution >= 4 is 17.6 Å². The number of carbonyl (C=O) groups is 2. The zero-order valence-corrected chi connectivity index (χ0v) is 13.0. The largest absolute Gasteiger partial charge is 0.478 e. The number of nitrogens with one attached hydrogen (secondary N) is 1. The van der Waals surface area contributed by atoms with Crippen molar-refractivity contribution in [2.24, 2.45) is 5.92 Å². The number of benzene rings is 2. The lowest BCUT2D eigenvalue weighted by Gasteiger charge is -2.24. The molecule has 1 amide bonds. The number of carboxylic acid groups (broad SMARTS) is 1. The number of rotatable bonds is 4. The SMILES string of the molecule is Cc1ccc(NC(=O)C2CCC2)cc1-c1ccc(C(=O)O)cc1. The molecule has 0 spiro atoms. The highest BCUT2D eigenvalue weighted by Crippen LogP contribution is 2.30. The van der Waals surface area contributed by atoms with Crippen LogP contribution in [0.25, 0.3) is 11.1 Å². The molecule has 1 saturated carbocycles. The number of carboxylic acids is 1. The fraction of sp³-hybridized carbons (Fsp3) is 0.263. The third kappa shape index (κ3) is 3.26. The van der Waals surface area contributed by atoms with E-state index < -0.39 is 5.97 Å². The van der Waals surface area contributed by atoms with Crippen LogP contribution in [0.15, 0.2) is 42.5 Å². The first kappa shape index (κ1) is 15.3.